The van der Waals surface area contributed by atoms with Crippen molar-refractivity contribution in [2.75, 3.05) is 6.61 Å². The number of thioether (sulfide) groups is 1. The van der Waals surface area contributed by atoms with Crippen molar-refractivity contribution in [1.29, 1.82) is 5.41 Å². The zero-order valence-corrected chi connectivity index (χ0v) is 11.8. The van der Waals surface area contributed by atoms with E-state index in [1.807, 2.05) is 0 Å². The Labute approximate surface area is 119 Å². The summed E-state index contributed by atoms with van der Waals surface area (Å²) >= 11 is 0.929. The minimum absolute atomic E-state index is 0.191. The average molecular weight is 304 g/mol. The van der Waals surface area contributed by atoms with Crippen LogP contribution < -0.4 is 0 Å². The maximum absolute atomic E-state index is 10.8. The largest absolute Gasteiger partial charge is 0.463 e. The first-order valence-electron chi connectivity index (χ1n) is 5.77. The molecule has 1 saturated heterocycles. The van der Waals surface area contributed by atoms with Crippen molar-refractivity contribution in [2.24, 2.45) is 5.11 Å². The fourth-order valence-electron chi connectivity index (χ4n) is 1.72. The molecule has 0 aliphatic carbocycles. The zero-order chi connectivity index (χ0) is 15.3. The van der Waals surface area contributed by atoms with Crippen LogP contribution >= 0.6 is 11.8 Å². The summed E-state index contributed by atoms with van der Waals surface area (Å²) < 4.78 is 10.2. The molecule has 3 N–H and O–H groups in total. The molecule has 20 heavy (non-hydrogen) atoms. The van der Waals surface area contributed by atoms with E-state index in [1.165, 1.54) is 13.8 Å². The molecular formula is C10H16N4O5S. The molecule has 5 atom stereocenters. The van der Waals surface area contributed by atoms with Gasteiger partial charge in [-0.3, -0.25) is 10.2 Å². The maximum Gasteiger partial charge on any atom is 0.302 e. The smallest absolute Gasteiger partial charge is 0.302 e. The molecule has 0 aromatic carbocycles. The number of rotatable bonds is 4. The van der Waals surface area contributed by atoms with Crippen LogP contribution in [-0.2, 0) is 14.3 Å². The second-order valence-electron chi connectivity index (χ2n) is 4.20. The van der Waals surface area contributed by atoms with Gasteiger partial charge in [-0.1, -0.05) is 16.9 Å². The first kappa shape index (κ1) is 16.7. The van der Waals surface area contributed by atoms with Crippen LogP contribution in [0.4, 0.5) is 0 Å². The first-order valence-corrected chi connectivity index (χ1v) is 6.65. The number of aliphatic hydroxyl groups is 2. The Hall–Kier alpha value is -1.32. The van der Waals surface area contributed by atoms with Gasteiger partial charge in [-0.15, -0.1) is 0 Å². The van der Waals surface area contributed by atoms with Gasteiger partial charge in [0.25, 0.3) is 0 Å². The second-order valence-corrected chi connectivity index (χ2v) is 5.51. The highest BCUT2D eigenvalue weighted by Gasteiger charge is 2.45. The summed E-state index contributed by atoms with van der Waals surface area (Å²) in [6.07, 6.45) is -3.50. The molecule has 0 radical (unpaired) electrons. The Morgan fingerprint density at radius 1 is 1.50 bits per heavy atom. The number of nitrogens with zero attached hydrogens (tertiary/aromatic N) is 3. The van der Waals surface area contributed by atoms with Crippen molar-refractivity contribution in [3.8, 4) is 0 Å². The van der Waals surface area contributed by atoms with Crippen LogP contribution in [0.1, 0.15) is 13.8 Å². The third-order valence-electron chi connectivity index (χ3n) is 2.60. The standard InChI is InChI=1S/C10H16N4O5S/c1-4(11)20-10-9(17)7(13-14-12)8(16)6(19-10)3-18-5(2)15/h6-11,16-17H,3H2,1-2H3/t6?,7?,8-,9-,10-/m0/s1. The number of carbonyl (C=O) groups is 1. The lowest BCUT2D eigenvalue weighted by Crippen LogP contribution is -2.57. The number of ether oxygens (including phenoxy) is 2. The van der Waals surface area contributed by atoms with Crippen molar-refractivity contribution >= 4 is 22.8 Å². The van der Waals surface area contributed by atoms with Gasteiger partial charge in [-0.05, 0) is 12.5 Å². The van der Waals surface area contributed by atoms with Gasteiger partial charge >= 0.3 is 5.97 Å². The van der Waals surface area contributed by atoms with Gasteiger partial charge in [0.1, 0.15) is 24.3 Å². The van der Waals surface area contributed by atoms with Crippen LogP contribution in [0.15, 0.2) is 5.11 Å². The topological polar surface area (TPSA) is 149 Å². The van der Waals surface area contributed by atoms with Gasteiger partial charge in [0, 0.05) is 11.8 Å². The third-order valence-corrected chi connectivity index (χ3v) is 3.57. The Bertz CT molecular complexity index is 428. The predicted molar refractivity (Wildman–Crippen MR) is 71.2 cm³/mol. The predicted octanol–water partition coefficient (Wildman–Crippen LogP) is 0.405. The second kappa shape index (κ2) is 7.46. The number of hydrogen-bond donors (Lipinski definition) is 3. The van der Waals surface area contributed by atoms with E-state index in [9.17, 15) is 15.0 Å². The van der Waals surface area contributed by atoms with Crippen molar-refractivity contribution < 1.29 is 24.5 Å². The Morgan fingerprint density at radius 2 is 2.15 bits per heavy atom. The summed E-state index contributed by atoms with van der Waals surface area (Å²) in [7, 11) is 0. The lowest BCUT2D eigenvalue weighted by Gasteiger charge is -2.40. The Morgan fingerprint density at radius 3 is 2.65 bits per heavy atom. The number of hydrogen-bond acceptors (Lipinski definition) is 8. The maximum atomic E-state index is 10.8. The quantitative estimate of drug-likeness (QED) is 0.171. The molecule has 0 aromatic rings. The highest BCUT2D eigenvalue weighted by atomic mass is 32.2. The molecule has 0 bridgehead atoms. The molecule has 1 heterocycles. The van der Waals surface area contributed by atoms with Crippen molar-refractivity contribution in [3.63, 3.8) is 0 Å². The zero-order valence-electron chi connectivity index (χ0n) is 11.0. The fourth-order valence-corrected chi connectivity index (χ4v) is 2.57. The van der Waals surface area contributed by atoms with E-state index >= 15 is 0 Å². The van der Waals surface area contributed by atoms with E-state index in [0.29, 0.717) is 0 Å². The number of esters is 1. The van der Waals surface area contributed by atoms with Crippen LogP contribution in [-0.4, -0.2) is 57.6 Å². The number of aliphatic hydroxyl groups excluding tert-OH is 2. The molecule has 1 aliphatic heterocycles. The van der Waals surface area contributed by atoms with E-state index in [2.05, 4.69) is 10.0 Å². The highest BCUT2D eigenvalue weighted by Crippen LogP contribution is 2.30. The van der Waals surface area contributed by atoms with Gasteiger partial charge in [0.2, 0.25) is 0 Å². The molecule has 1 rings (SSSR count). The van der Waals surface area contributed by atoms with Gasteiger partial charge in [0.15, 0.2) is 0 Å². The molecule has 0 spiro atoms. The lowest BCUT2D eigenvalue weighted by molar-refractivity contribution is -0.174. The third kappa shape index (κ3) is 4.36. The molecule has 2 unspecified atom stereocenters. The first-order chi connectivity index (χ1) is 9.36. The van der Waals surface area contributed by atoms with Crippen LogP contribution in [0.2, 0.25) is 0 Å². The minimum Gasteiger partial charge on any atom is -0.463 e. The van der Waals surface area contributed by atoms with E-state index in [4.69, 9.17) is 20.4 Å². The molecule has 0 aromatic heterocycles. The van der Waals surface area contributed by atoms with Crippen LogP contribution in [0.25, 0.3) is 10.4 Å². The van der Waals surface area contributed by atoms with Crippen LogP contribution in [0.5, 0.6) is 0 Å². The molecular weight excluding hydrogens is 288 g/mol. The molecule has 1 aliphatic rings. The molecule has 9 nitrogen and oxygen atoms in total. The van der Waals surface area contributed by atoms with Gasteiger partial charge < -0.3 is 19.7 Å². The lowest BCUT2D eigenvalue weighted by atomic mass is 9.98. The van der Waals surface area contributed by atoms with Crippen molar-refractivity contribution in [3.05, 3.63) is 10.4 Å². The summed E-state index contributed by atoms with van der Waals surface area (Å²) in [5.74, 6) is -0.542. The molecule has 10 heteroatoms. The SMILES string of the molecule is CC(=N)S[C@@H]1OC(COC(C)=O)[C@H](O)C(N=[N+]=[N-])[C@@H]1O. The molecule has 0 saturated carbocycles. The molecule has 0 amide bonds. The minimum atomic E-state index is -1.30. The van der Waals surface area contributed by atoms with Crippen LogP contribution in [0.3, 0.4) is 0 Å². The Balaban J connectivity index is 2.87. The molecule has 112 valence electrons. The summed E-state index contributed by atoms with van der Waals surface area (Å²) in [5.41, 5.74) is 7.61. The van der Waals surface area contributed by atoms with E-state index in [1.54, 1.807) is 0 Å². The monoisotopic (exact) mass is 304 g/mol. The Kier molecular flexibility index (Phi) is 6.24. The van der Waals surface area contributed by atoms with E-state index in [0.717, 1.165) is 11.8 Å². The van der Waals surface area contributed by atoms with E-state index < -0.39 is 35.8 Å². The van der Waals surface area contributed by atoms with E-state index in [-0.39, 0.29) is 11.7 Å². The highest BCUT2D eigenvalue weighted by molar-refractivity contribution is 8.14. The van der Waals surface area contributed by atoms with Crippen molar-refractivity contribution in [2.45, 2.75) is 43.6 Å². The summed E-state index contributed by atoms with van der Waals surface area (Å²) in [5, 5.41) is 30.9. The van der Waals surface area contributed by atoms with Gasteiger partial charge in [0.05, 0.1) is 17.2 Å². The summed E-state index contributed by atoms with van der Waals surface area (Å²) in [6.45, 7) is 2.49. The van der Waals surface area contributed by atoms with Crippen LogP contribution in [0, 0.1) is 5.41 Å². The summed E-state index contributed by atoms with van der Waals surface area (Å²) in [6, 6.07) is -1.13. The van der Waals surface area contributed by atoms with Crippen molar-refractivity contribution in [1.82, 2.24) is 0 Å². The van der Waals surface area contributed by atoms with Gasteiger partial charge in [-0.25, -0.2) is 0 Å². The number of carbonyl (C=O) groups excluding carboxylic acids is 1. The average Bonchev–Trinajstić information content (AvgIpc) is 2.35. The van der Waals surface area contributed by atoms with Gasteiger partial charge in [-0.2, -0.15) is 0 Å². The number of azide groups is 1. The number of nitrogens with one attached hydrogen (secondary N) is 1. The fraction of sp³-hybridized carbons (Fsp3) is 0.800. The molecule has 1 fully saturated rings. The summed E-state index contributed by atoms with van der Waals surface area (Å²) in [4.78, 5) is 13.4. The normalized spacial score (nSPS) is 33.1.